The molecule has 0 aliphatic carbocycles. The van der Waals surface area contributed by atoms with E-state index >= 15 is 0 Å². The van der Waals surface area contributed by atoms with E-state index in [0.29, 0.717) is 0 Å². The molecule has 1 aromatic rings. The first kappa shape index (κ1) is 14.9. The van der Waals surface area contributed by atoms with Gasteiger partial charge in [0.2, 0.25) is 0 Å². The Morgan fingerprint density at radius 1 is 1.44 bits per heavy atom. The minimum absolute atomic E-state index is 0.0666. The molecule has 0 aliphatic rings. The molecule has 4 nitrogen and oxygen atoms in total. The number of amidine groups is 1. The van der Waals surface area contributed by atoms with Gasteiger partial charge in [-0.05, 0) is 18.9 Å². The molecule has 18 heavy (non-hydrogen) atoms. The summed E-state index contributed by atoms with van der Waals surface area (Å²) in [4.78, 5) is 2.20. The molecule has 0 spiro atoms. The molecule has 0 saturated heterocycles. The molecule has 1 aromatic carbocycles. The maximum absolute atomic E-state index is 8.90. The summed E-state index contributed by atoms with van der Waals surface area (Å²) >= 11 is 1.81. The van der Waals surface area contributed by atoms with E-state index in [0.717, 1.165) is 24.4 Å². The standard InChI is InChI=1S/C13H21N3OS/c1-16(8-9-18-2)10-12(13(14)15-17)11-6-4-3-5-7-11/h3-7,12,17H,8-10H2,1-2H3,(H2,14,15). The normalized spacial score (nSPS) is 13.8. The molecule has 1 unspecified atom stereocenters. The molecule has 100 valence electrons. The minimum atomic E-state index is -0.0666. The van der Waals surface area contributed by atoms with Gasteiger partial charge >= 0.3 is 0 Å². The Morgan fingerprint density at radius 2 is 2.11 bits per heavy atom. The van der Waals surface area contributed by atoms with Crippen LogP contribution < -0.4 is 5.73 Å². The quantitative estimate of drug-likeness (QED) is 0.342. The SMILES string of the molecule is CSCCN(C)CC(/C(N)=N/O)c1ccccc1. The molecule has 1 rings (SSSR count). The highest BCUT2D eigenvalue weighted by molar-refractivity contribution is 7.98. The molecule has 0 saturated carbocycles. The minimum Gasteiger partial charge on any atom is -0.409 e. The molecular weight excluding hydrogens is 246 g/mol. The van der Waals surface area contributed by atoms with E-state index in [2.05, 4.69) is 23.4 Å². The van der Waals surface area contributed by atoms with E-state index in [-0.39, 0.29) is 11.8 Å². The van der Waals surface area contributed by atoms with Crippen LogP contribution in [-0.4, -0.2) is 48.1 Å². The van der Waals surface area contributed by atoms with Crippen LogP contribution in [0, 0.1) is 0 Å². The zero-order valence-corrected chi connectivity index (χ0v) is 11.7. The summed E-state index contributed by atoms with van der Waals surface area (Å²) in [5.74, 6) is 1.27. The second-order valence-electron chi connectivity index (χ2n) is 4.24. The van der Waals surface area contributed by atoms with Crippen LogP contribution in [0.2, 0.25) is 0 Å². The highest BCUT2D eigenvalue weighted by atomic mass is 32.2. The van der Waals surface area contributed by atoms with Gasteiger partial charge in [-0.3, -0.25) is 0 Å². The van der Waals surface area contributed by atoms with Crippen LogP contribution in [-0.2, 0) is 0 Å². The fourth-order valence-corrected chi connectivity index (χ4v) is 2.27. The van der Waals surface area contributed by atoms with Crippen LogP contribution in [0.4, 0.5) is 0 Å². The number of benzene rings is 1. The molecule has 0 bridgehead atoms. The van der Waals surface area contributed by atoms with Gasteiger partial charge in [-0.25, -0.2) is 0 Å². The Bertz CT molecular complexity index is 370. The number of oxime groups is 1. The Labute approximate surface area is 113 Å². The third-order valence-electron chi connectivity index (χ3n) is 2.85. The Balaban J connectivity index is 2.74. The predicted octanol–water partition coefficient (Wildman–Crippen LogP) is 1.81. The van der Waals surface area contributed by atoms with E-state index in [1.54, 1.807) is 0 Å². The average Bonchev–Trinajstić information content (AvgIpc) is 2.42. The van der Waals surface area contributed by atoms with Crippen molar-refractivity contribution in [2.45, 2.75) is 5.92 Å². The lowest BCUT2D eigenvalue weighted by molar-refractivity contribution is 0.309. The van der Waals surface area contributed by atoms with Gasteiger partial charge < -0.3 is 15.8 Å². The summed E-state index contributed by atoms with van der Waals surface area (Å²) < 4.78 is 0. The molecule has 0 radical (unpaired) electrons. The van der Waals surface area contributed by atoms with Crippen LogP contribution in [0.1, 0.15) is 11.5 Å². The van der Waals surface area contributed by atoms with Crippen molar-refractivity contribution < 1.29 is 5.21 Å². The van der Waals surface area contributed by atoms with Gasteiger partial charge in [0.15, 0.2) is 0 Å². The van der Waals surface area contributed by atoms with Gasteiger partial charge in [-0.15, -0.1) is 0 Å². The lowest BCUT2D eigenvalue weighted by atomic mass is 9.97. The summed E-state index contributed by atoms with van der Waals surface area (Å²) in [6.07, 6.45) is 2.09. The molecule has 5 heteroatoms. The first-order valence-corrected chi connectivity index (χ1v) is 7.28. The average molecular weight is 267 g/mol. The van der Waals surface area contributed by atoms with Crippen molar-refractivity contribution in [1.29, 1.82) is 0 Å². The molecule has 0 heterocycles. The first-order valence-electron chi connectivity index (χ1n) is 5.89. The largest absolute Gasteiger partial charge is 0.409 e. The zero-order valence-electron chi connectivity index (χ0n) is 10.9. The van der Waals surface area contributed by atoms with Crippen molar-refractivity contribution in [1.82, 2.24) is 4.90 Å². The van der Waals surface area contributed by atoms with Crippen molar-refractivity contribution >= 4 is 17.6 Å². The van der Waals surface area contributed by atoms with E-state index in [4.69, 9.17) is 10.9 Å². The monoisotopic (exact) mass is 267 g/mol. The third kappa shape index (κ3) is 4.58. The van der Waals surface area contributed by atoms with Crippen LogP contribution >= 0.6 is 11.8 Å². The maximum atomic E-state index is 8.90. The number of nitrogens with zero attached hydrogens (tertiary/aromatic N) is 2. The van der Waals surface area contributed by atoms with Gasteiger partial charge in [0.05, 0.1) is 5.92 Å². The number of hydrogen-bond acceptors (Lipinski definition) is 4. The number of thioether (sulfide) groups is 1. The van der Waals surface area contributed by atoms with Gasteiger partial charge in [0, 0.05) is 18.8 Å². The number of hydrogen-bond donors (Lipinski definition) is 2. The van der Waals surface area contributed by atoms with E-state index in [1.807, 2.05) is 42.1 Å². The molecular formula is C13H21N3OS. The van der Waals surface area contributed by atoms with Crippen molar-refractivity contribution in [2.24, 2.45) is 10.9 Å². The highest BCUT2D eigenvalue weighted by Crippen LogP contribution is 2.17. The second-order valence-corrected chi connectivity index (χ2v) is 5.23. The lowest BCUT2D eigenvalue weighted by Gasteiger charge is -2.23. The van der Waals surface area contributed by atoms with Crippen molar-refractivity contribution in [3.8, 4) is 0 Å². The number of likely N-dealkylation sites (N-methyl/N-ethyl adjacent to an activating group) is 1. The van der Waals surface area contributed by atoms with E-state index < -0.39 is 0 Å². The summed E-state index contributed by atoms with van der Waals surface area (Å²) in [5.41, 5.74) is 6.87. The van der Waals surface area contributed by atoms with Crippen molar-refractivity contribution in [2.75, 3.05) is 32.1 Å². The summed E-state index contributed by atoms with van der Waals surface area (Å²) in [5, 5.41) is 12.1. The Hall–Kier alpha value is -1.20. The van der Waals surface area contributed by atoms with Gasteiger partial charge in [0.1, 0.15) is 5.84 Å². The number of rotatable bonds is 7. The molecule has 0 amide bonds. The Kier molecular flexibility index (Phi) is 6.60. The fraction of sp³-hybridized carbons (Fsp3) is 0.462. The summed E-state index contributed by atoms with van der Waals surface area (Å²) in [6.45, 7) is 1.74. The summed E-state index contributed by atoms with van der Waals surface area (Å²) in [7, 11) is 2.05. The van der Waals surface area contributed by atoms with E-state index in [1.165, 1.54) is 0 Å². The van der Waals surface area contributed by atoms with Gasteiger partial charge in [0.25, 0.3) is 0 Å². The topological polar surface area (TPSA) is 61.8 Å². The zero-order chi connectivity index (χ0) is 13.4. The lowest BCUT2D eigenvalue weighted by Crippen LogP contribution is -2.34. The molecule has 0 aliphatic heterocycles. The summed E-state index contributed by atoms with van der Waals surface area (Å²) in [6, 6.07) is 9.91. The molecule has 1 atom stereocenters. The van der Waals surface area contributed by atoms with Crippen molar-refractivity contribution in [3.63, 3.8) is 0 Å². The first-order chi connectivity index (χ1) is 8.69. The maximum Gasteiger partial charge on any atom is 0.147 e. The van der Waals surface area contributed by atoms with E-state index in [9.17, 15) is 0 Å². The fourth-order valence-electron chi connectivity index (χ4n) is 1.77. The van der Waals surface area contributed by atoms with Gasteiger partial charge in [-0.1, -0.05) is 35.5 Å². The molecule has 3 N–H and O–H groups in total. The smallest absolute Gasteiger partial charge is 0.147 e. The van der Waals surface area contributed by atoms with Crippen LogP contribution in [0.5, 0.6) is 0 Å². The number of nitrogens with two attached hydrogens (primary N) is 1. The van der Waals surface area contributed by atoms with Crippen LogP contribution in [0.25, 0.3) is 0 Å². The molecule has 0 aromatic heterocycles. The highest BCUT2D eigenvalue weighted by Gasteiger charge is 2.18. The van der Waals surface area contributed by atoms with Crippen LogP contribution in [0.3, 0.4) is 0 Å². The predicted molar refractivity (Wildman–Crippen MR) is 78.5 cm³/mol. The second kappa shape index (κ2) is 8.00. The third-order valence-corrected chi connectivity index (χ3v) is 3.44. The van der Waals surface area contributed by atoms with Crippen LogP contribution in [0.15, 0.2) is 35.5 Å². The van der Waals surface area contributed by atoms with Crippen molar-refractivity contribution in [3.05, 3.63) is 35.9 Å². The van der Waals surface area contributed by atoms with Gasteiger partial charge in [-0.2, -0.15) is 11.8 Å². The Morgan fingerprint density at radius 3 is 2.67 bits per heavy atom. The molecule has 0 fully saturated rings.